The van der Waals surface area contributed by atoms with Crippen LogP contribution in [0.25, 0.3) is 0 Å². The minimum Gasteiger partial charge on any atom is -0.391 e. The number of carbonyl (C=O) groups excluding carboxylic acids is 1. The summed E-state index contributed by atoms with van der Waals surface area (Å²) in [5.74, 6) is 1.72. The Morgan fingerprint density at radius 3 is 2.57 bits per heavy atom. The average molecular weight is 422 g/mol. The van der Waals surface area contributed by atoms with Crippen molar-refractivity contribution in [1.82, 2.24) is 4.90 Å². The van der Waals surface area contributed by atoms with E-state index >= 15 is 0 Å². The number of aliphatic hydroxyl groups excluding tert-OH is 2. The summed E-state index contributed by atoms with van der Waals surface area (Å²) in [4.78, 5) is 14.5. The molecule has 0 unspecified atom stereocenters. The predicted octanol–water partition coefficient (Wildman–Crippen LogP) is 3.66. The first kappa shape index (κ1) is 23.7. The Labute approximate surface area is 182 Å². The highest BCUT2D eigenvalue weighted by Crippen LogP contribution is 2.59. The highest BCUT2D eigenvalue weighted by molar-refractivity contribution is 5.88. The summed E-state index contributed by atoms with van der Waals surface area (Å²) < 4.78 is 0. The van der Waals surface area contributed by atoms with Crippen LogP contribution in [0.5, 0.6) is 0 Å². The van der Waals surface area contributed by atoms with Crippen molar-refractivity contribution in [2.45, 2.75) is 103 Å². The van der Waals surface area contributed by atoms with Gasteiger partial charge in [0.05, 0.1) is 17.8 Å². The molecule has 6 atom stereocenters. The SMILES string of the molecule is C[C@H](CCCC(C)(C)O)[C@H]1CC[C@H]2/C(=C\C(=O)N3C[C@@H](O)C[C@H](O)C3)CCC[C@]12C. The van der Waals surface area contributed by atoms with Gasteiger partial charge in [0.15, 0.2) is 0 Å². The standard InChI is InChI=1S/C25H43NO4/c1-17(7-5-11-24(2,3)30)21-9-10-22-18(8-6-12-25(21,22)4)13-23(29)26-15-19(27)14-20(28)16-26/h13,17,19-22,27-28,30H,5-12,14-16H2,1-4H3/b18-13-/t17-,19+,20+,21-,22+,25-/m1/s1. The van der Waals surface area contributed by atoms with Crippen LogP contribution in [-0.4, -0.2) is 57.0 Å². The Morgan fingerprint density at radius 2 is 1.93 bits per heavy atom. The van der Waals surface area contributed by atoms with Gasteiger partial charge >= 0.3 is 0 Å². The number of allylic oxidation sites excluding steroid dienone is 1. The molecule has 0 aromatic heterocycles. The summed E-state index contributed by atoms with van der Waals surface area (Å²) in [5.41, 5.74) is 0.951. The maximum absolute atomic E-state index is 12.9. The third-order valence-electron chi connectivity index (χ3n) is 8.20. The Balaban J connectivity index is 1.66. The van der Waals surface area contributed by atoms with Gasteiger partial charge in [-0.1, -0.05) is 32.3 Å². The maximum atomic E-state index is 12.9. The number of hydrogen-bond donors (Lipinski definition) is 3. The molecule has 3 aliphatic rings. The third-order valence-corrected chi connectivity index (χ3v) is 8.20. The number of fused-ring (bicyclic) bond motifs is 1. The van der Waals surface area contributed by atoms with E-state index in [1.54, 1.807) is 4.90 Å². The topological polar surface area (TPSA) is 81.0 Å². The van der Waals surface area contributed by atoms with Gasteiger partial charge in [-0.3, -0.25) is 4.79 Å². The summed E-state index contributed by atoms with van der Waals surface area (Å²) in [6.45, 7) is 9.24. The summed E-state index contributed by atoms with van der Waals surface area (Å²) >= 11 is 0. The fourth-order valence-electron chi connectivity index (χ4n) is 6.72. The van der Waals surface area contributed by atoms with Crippen molar-refractivity contribution in [1.29, 1.82) is 0 Å². The van der Waals surface area contributed by atoms with Crippen LogP contribution in [0.15, 0.2) is 11.6 Å². The summed E-state index contributed by atoms with van der Waals surface area (Å²) in [5, 5.41) is 29.9. The fourth-order valence-corrected chi connectivity index (χ4v) is 6.72. The van der Waals surface area contributed by atoms with E-state index in [-0.39, 0.29) is 11.3 Å². The van der Waals surface area contributed by atoms with E-state index in [0.29, 0.717) is 37.3 Å². The second-order valence-corrected chi connectivity index (χ2v) is 11.3. The van der Waals surface area contributed by atoms with Gasteiger partial charge in [-0.2, -0.15) is 0 Å². The van der Waals surface area contributed by atoms with Crippen molar-refractivity contribution < 1.29 is 20.1 Å². The number of hydrogen-bond acceptors (Lipinski definition) is 4. The molecule has 172 valence electrons. The van der Waals surface area contributed by atoms with E-state index in [1.807, 2.05) is 19.9 Å². The lowest BCUT2D eigenvalue weighted by molar-refractivity contribution is -0.132. The van der Waals surface area contributed by atoms with Gasteiger partial charge in [0.1, 0.15) is 0 Å². The van der Waals surface area contributed by atoms with Gasteiger partial charge in [0.25, 0.3) is 0 Å². The number of nitrogens with zero attached hydrogens (tertiary/aromatic N) is 1. The first-order valence-corrected chi connectivity index (χ1v) is 12.1. The monoisotopic (exact) mass is 421 g/mol. The van der Waals surface area contributed by atoms with E-state index < -0.39 is 17.8 Å². The number of carbonyl (C=O) groups is 1. The zero-order chi connectivity index (χ0) is 22.1. The van der Waals surface area contributed by atoms with Crippen LogP contribution in [0, 0.1) is 23.2 Å². The Kier molecular flexibility index (Phi) is 7.36. The molecule has 5 heteroatoms. The lowest BCUT2D eigenvalue weighted by Crippen LogP contribution is -2.48. The molecular weight excluding hydrogens is 378 g/mol. The van der Waals surface area contributed by atoms with Crippen molar-refractivity contribution in [2.24, 2.45) is 23.2 Å². The van der Waals surface area contributed by atoms with Gasteiger partial charge in [-0.05, 0) is 75.5 Å². The molecule has 1 aliphatic heterocycles. The number of β-amino-alcohol motifs (C(OH)–C–C–N with tert-alkyl or cyclic N) is 2. The van der Waals surface area contributed by atoms with E-state index in [0.717, 1.165) is 38.5 Å². The molecular formula is C25H43NO4. The first-order valence-electron chi connectivity index (χ1n) is 12.1. The van der Waals surface area contributed by atoms with Crippen molar-refractivity contribution in [3.63, 3.8) is 0 Å². The predicted molar refractivity (Wildman–Crippen MR) is 119 cm³/mol. The van der Waals surface area contributed by atoms with Crippen LogP contribution in [0.4, 0.5) is 0 Å². The molecule has 1 heterocycles. The smallest absolute Gasteiger partial charge is 0.246 e. The molecule has 0 aromatic carbocycles. The van der Waals surface area contributed by atoms with E-state index in [4.69, 9.17) is 0 Å². The van der Waals surface area contributed by atoms with Crippen LogP contribution in [0.2, 0.25) is 0 Å². The van der Waals surface area contributed by atoms with Gasteiger partial charge in [-0.15, -0.1) is 0 Å². The molecule has 30 heavy (non-hydrogen) atoms. The van der Waals surface area contributed by atoms with Crippen LogP contribution in [-0.2, 0) is 4.79 Å². The molecule has 0 radical (unpaired) electrons. The van der Waals surface area contributed by atoms with Crippen LogP contribution in [0.3, 0.4) is 0 Å². The van der Waals surface area contributed by atoms with Gasteiger partial charge in [0.2, 0.25) is 5.91 Å². The summed E-state index contributed by atoms with van der Waals surface area (Å²) in [6.07, 6.45) is 9.71. The number of rotatable bonds is 6. The van der Waals surface area contributed by atoms with Crippen LogP contribution < -0.4 is 0 Å². The molecule has 1 saturated heterocycles. The molecule has 0 aromatic rings. The highest BCUT2D eigenvalue weighted by atomic mass is 16.3. The molecule has 3 fully saturated rings. The number of likely N-dealkylation sites (tertiary alicyclic amines) is 1. The Morgan fingerprint density at radius 1 is 1.27 bits per heavy atom. The fraction of sp³-hybridized carbons (Fsp3) is 0.880. The van der Waals surface area contributed by atoms with E-state index in [2.05, 4.69) is 13.8 Å². The number of piperidine rings is 1. The minimum atomic E-state index is -0.631. The lowest BCUT2D eigenvalue weighted by Gasteiger charge is -2.44. The van der Waals surface area contributed by atoms with Crippen LogP contribution >= 0.6 is 0 Å². The number of aliphatic hydroxyl groups is 3. The molecule has 1 amide bonds. The lowest BCUT2D eigenvalue weighted by atomic mass is 9.60. The van der Waals surface area contributed by atoms with Crippen molar-refractivity contribution in [3.05, 3.63) is 11.6 Å². The second kappa shape index (κ2) is 9.30. The molecule has 0 bridgehead atoms. The minimum absolute atomic E-state index is 0.0475. The second-order valence-electron chi connectivity index (χ2n) is 11.3. The van der Waals surface area contributed by atoms with Crippen molar-refractivity contribution in [2.75, 3.05) is 13.1 Å². The maximum Gasteiger partial charge on any atom is 0.246 e. The zero-order valence-corrected chi connectivity index (χ0v) is 19.4. The van der Waals surface area contributed by atoms with Crippen LogP contribution in [0.1, 0.15) is 85.5 Å². The zero-order valence-electron chi connectivity index (χ0n) is 19.4. The quantitative estimate of drug-likeness (QED) is 0.572. The summed E-state index contributed by atoms with van der Waals surface area (Å²) in [6, 6.07) is 0. The van der Waals surface area contributed by atoms with E-state index in [1.165, 1.54) is 18.4 Å². The molecule has 2 aliphatic carbocycles. The van der Waals surface area contributed by atoms with Crippen molar-refractivity contribution in [3.8, 4) is 0 Å². The molecule has 5 nitrogen and oxygen atoms in total. The molecule has 3 rings (SSSR count). The average Bonchev–Trinajstić information content (AvgIpc) is 2.97. The number of amides is 1. The third kappa shape index (κ3) is 5.46. The molecule has 3 N–H and O–H groups in total. The van der Waals surface area contributed by atoms with E-state index in [9.17, 15) is 20.1 Å². The van der Waals surface area contributed by atoms with Gasteiger partial charge in [0, 0.05) is 25.6 Å². The molecule has 0 spiro atoms. The van der Waals surface area contributed by atoms with Gasteiger partial charge in [-0.25, -0.2) is 0 Å². The van der Waals surface area contributed by atoms with Gasteiger partial charge < -0.3 is 20.2 Å². The Bertz CT molecular complexity index is 630. The molecule has 2 saturated carbocycles. The Hall–Kier alpha value is -0.910. The largest absolute Gasteiger partial charge is 0.391 e. The normalized spacial score (nSPS) is 37.3. The summed E-state index contributed by atoms with van der Waals surface area (Å²) in [7, 11) is 0. The van der Waals surface area contributed by atoms with Crippen molar-refractivity contribution >= 4 is 5.91 Å². The highest BCUT2D eigenvalue weighted by Gasteiger charge is 2.50. The first-order chi connectivity index (χ1) is 14.0.